The number of rotatable bonds is 4. The summed E-state index contributed by atoms with van der Waals surface area (Å²) in [6, 6.07) is 7.88. The monoisotopic (exact) mass is 310 g/mol. The van der Waals surface area contributed by atoms with Crippen LogP contribution in [0.2, 0.25) is 0 Å². The quantitative estimate of drug-likeness (QED) is 0.892. The Morgan fingerprint density at radius 3 is 2.38 bits per heavy atom. The summed E-state index contributed by atoms with van der Waals surface area (Å²) in [5.74, 6) is 0.569. The lowest BCUT2D eigenvalue weighted by molar-refractivity contribution is 0.177. The molecule has 0 radical (unpaired) electrons. The average Bonchev–Trinajstić information content (AvgIpc) is 2.32. The first-order valence-electron chi connectivity index (χ1n) is 7.50. The number of sulfonamides is 1. The third-order valence-electron chi connectivity index (χ3n) is 4.26. The molecule has 5 heteroatoms. The average molecular weight is 310 g/mol. The van der Waals surface area contributed by atoms with E-state index < -0.39 is 10.0 Å². The molecule has 1 saturated carbocycles. The minimum absolute atomic E-state index is 0.389. The smallest absolute Gasteiger partial charge is 0.229 e. The van der Waals surface area contributed by atoms with Gasteiger partial charge in [-0.25, -0.2) is 8.42 Å². The molecule has 0 saturated heterocycles. The molecular formula is C16H26N2O2S. The van der Waals surface area contributed by atoms with Crippen molar-refractivity contribution in [3.63, 3.8) is 0 Å². The van der Waals surface area contributed by atoms with E-state index in [1.807, 2.05) is 18.2 Å². The summed E-state index contributed by atoms with van der Waals surface area (Å²) in [5, 5.41) is 3.53. The molecular weight excluding hydrogens is 284 g/mol. The van der Waals surface area contributed by atoms with Crippen LogP contribution in [-0.2, 0) is 10.0 Å². The summed E-state index contributed by atoms with van der Waals surface area (Å²) < 4.78 is 25.5. The molecule has 118 valence electrons. The molecule has 0 aromatic heterocycles. The van der Waals surface area contributed by atoms with Crippen LogP contribution in [0.15, 0.2) is 24.3 Å². The van der Waals surface area contributed by atoms with E-state index >= 15 is 0 Å². The van der Waals surface area contributed by atoms with Crippen molar-refractivity contribution >= 4 is 21.4 Å². The molecule has 1 fully saturated rings. The molecule has 0 bridgehead atoms. The zero-order valence-corrected chi connectivity index (χ0v) is 14.1. The summed E-state index contributed by atoms with van der Waals surface area (Å²) in [6.07, 6.45) is 4.67. The Labute approximate surface area is 128 Å². The second-order valence-electron chi connectivity index (χ2n) is 7.05. The van der Waals surface area contributed by atoms with Gasteiger partial charge >= 0.3 is 0 Å². The lowest BCUT2D eigenvalue weighted by Crippen LogP contribution is -2.37. The molecule has 21 heavy (non-hydrogen) atoms. The van der Waals surface area contributed by atoms with Crippen molar-refractivity contribution in [2.45, 2.75) is 46.1 Å². The van der Waals surface area contributed by atoms with Crippen molar-refractivity contribution in [3.05, 3.63) is 24.3 Å². The van der Waals surface area contributed by atoms with Gasteiger partial charge in [-0.05, 0) is 42.7 Å². The number of para-hydroxylation sites is 2. The summed E-state index contributed by atoms with van der Waals surface area (Å²) >= 11 is 0. The van der Waals surface area contributed by atoms with Gasteiger partial charge in [0.15, 0.2) is 0 Å². The SMILES string of the molecule is CC1CC(C)(C)CCC1Nc1ccccc1NS(C)(=O)=O. The Hall–Kier alpha value is -1.23. The summed E-state index contributed by atoms with van der Waals surface area (Å²) in [7, 11) is -3.26. The first-order valence-corrected chi connectivity index (χ1v) is 9.39. The maximum atomic E-state index is 11.5. The molecule has 2 N–H and O–H groups in total. The molecule has 1 aliphatic rings. The zero-order valence-electron chi connectivity index (χ0n) is 13.3. The Morgan fingerprint density at radius 1 is 1.19 bits per heavy atom. The number of anilines is 2. The van der Waals surface area contributed by atoms with Gasteiger partial charge in [-0.2, -0.15) is 0 Å². The fraction of sp³-hybridized carbons (Fsp3) is 0.625. The Morgan fingerprint density at radius 2 is 1.81 bits per heavy atom. The van der Waals surface area contributed by atoms with Gasteiger partial charge in [-0.3, -0.25) is 4.72 Å². The lowest BCUT2D eigenvalue weighted by Gasteiger charge is -2.40. The van der Waals surface area contributed by atoms with Crippen LogP contribution in [0, 0.1) is 11.3 Å². The molecule has 2 unspecified atom stereocenters. The summed E-state index contributed by atoms with van der Waals surface area (Å²) in [4.78, 5) is 0. The first kappa shape index (κ1) is 16.1. The molecule has 1 aromatic rings. The predicted molar refractivity (Wildman–Crippen MR) is 89.1 cm³/mol. The Bertz CT molecular complexity index is 596. The highest BCUT2D eigenvalue weighted by molar-refractivity contribution is 7.92. The summed E-state index contributed by atoms with van der Waals surface area (Å²) in [5.41, 5.74) is 1.89. The third kappa shape index (κ3) is 4.63. The molecule has 0 spiro atoms. The van der Waals surface area contributed by atoms with E-state index in [1.54, 1.807) is 6.07 Å². The van der Waals surface area contributed by atoms with Crippen LogP contribution in [-0.4, -0.2) is 20.7 Å². The van der Waals surface area contributed by atoms with Crippen molar-refractivity contribution in [3.8, 4) is 0 Å². The standard InChI is InChI=1S/C16H26N2O2S/c1-12-11-16(2,3)10-9-13(12)17-14-7-5-6-8-15(14)18-21(4,19)20/h5-8,12-13,17-18H,9-11H2,1-4H3. The van der Waals surface area contributed by atoms with Gasteiger partial charge in [-0.1, -0.05) is 32.9 Å². The van der Waals surface area contributed by atoms with Gasteiger partial charge in [0, 0.05) is 6.04 Å². The highest BCUT2D eigenvalue weighted by Gasteiger charge is 2.32. The molecule has 2 rings (SSSR count). The minimum Gasteiger partial charge on any atom is -0.380 e. The number of hydrogen-bond donors (Lipinski definition) is 2. The van der Waals surface area contributed by atoms with E-state index in [-0.39, 0.29) is 0 Å². The molecule has 2 atom stereocenters. The van der Waals surface area contributed by atoms with Crippen molar-refractivity contribution < 1.29 is 8.42 Å². The maximum absolute atomic E-state index is 11.5. The van der Waals surface area contributed by atoms with Crippen molar-refractivity contribution in [1.82, 2.24) is 0 Å². The van der Waals surface area contributed by atoms with Crippen molar-refractivity contribution in [2.24, 2.45) is 11.3 Å². The molecule has 0 amide bonds. The van der Waals surface area contributed by atoms with E-state index in [0.717, 1.165) is 12.1 Å². The van der Waals surface area contributed by atoms with Gasteiger partial charge in [0.2, 0.25) is 10.0 Å². The Kier molecular flexibility index (Phi) is 4.51. The van der Waals surface area contributed by atoms with E-state index in [9.17, 15) is 8.42 Å². The largest absolute Gasteiger partial charge is 0.380 e. The van der Waals surface area contributed by atoms with Gasteiger partial charge in [-0.15, -0.1) is 0 Å². The second kappa shape index (κ2) is 5.87. The van der Waals surface area contributed by atoms with Gasteiger partial charge in [0.1, 0.15) is 0 Å². The Balaban J connectivity index is 2.13. The van der Waals surface area contributed by atoms with E-state index in [4.69, 9.17) is 0 Å². The van der Waals surface area contributed by atoms with Crippen LogP contribution in [0.3, 0.4) is 0 Å². The molecule has 4 nitrogen and oxygen atoms in total. The van der Waals surface area contributed by atoms with Crippen LogP contribution in [0.25, 0.3) is 0 Å². The van der Waals surface area contributed by atoms with Crippen molar-refractivity contribution in [1.29, 1.82) is 0 Å². The normalized spacial score (nSPS) is 25.3. The summed E-state index contributed by atoms with van der Waals surface area (Å²) in [6.45, 7) is 6.91. The topological polar surface area (TPSA) is 58.2 Å². The number of hydrogen-bond acceptors (Lipinski definition) is 3. The van der Waals surface area contributed by atoms with Crippen LogP contribution >= 0.6 is 0 Å². The minimum atomic E-state index is -3.26. The highest BCUT2D eigenvalue weighted by Crippen LogP contribution is 2.40. The van der Waals surface area contributed by atoms with Gasteiger partial charge < -0.3 is 5.32 Å². The predicted octanol–water partition coefficient (Wildman–Crippen LogP) is 3.68. The second-order valence-corrected chi connectivity index (χ2v) is 8.80. The van der Waals surface area contributed by atoms with Gasteiger partial charge in [0.05, 0.1) is 17.6 Å². The first-order chi connectivity index (χ1) is 9.66. The van der Waals surface area contributed by atoms with E-state index in [0.29, 0.717) is 23.1 Å². The van der Waals surface area contributed by atoms with Crippen LogP contribution in [0.1, 0.15) is 40.0 Å². The van der Waals surface area contributed by atoms with Crippen molar-refractivity contribution in [2.75, 3.05) is 16.3 Å². The molecule has 1 aromatic carbocycles. The fourth-order valence-corrected chi connectivity index (χ4v) is 3.84. The number of nitrogens with one attached hydrogen (secondary N) is 2. The van der Waals surface area contributed by atoms with E-state index in [2.05, 4.69) is 30.8 Å². The molecule has 0 heterocycles. The van der Waals surface area contributed by atoms with Crippen LogP contribution in [0.5, 0.6) is 0 Å². The van der Waals surface area contributed by atoms with Crippen LogP contribution < -0.4 is 10.0 Å². The fourth-order valence-electron chi connectivity index (χ4n) is 3.26. The number of benzene rings is 1. The maximum Gasteiger partial charge on any atom is 0.229 e. The molecule has 0 aliphatic heterocycles. The lowest BCUT2D eigenvalue weighted by atomic mass is 9.70. The molecule has 1 aliphatic carbocycles. The highest BCUT2D eigenvalue weighted by atomic mass is 32.2. The van der Waals surface area contributed by atoms with E-state index in [1.165, 1.54) is 19.1 Å². The van der Waals surface area contributed by atoms with Gasteiger partial charge in [0.25, 0.3) is 0 Å². The van der Waals surface area contributed by atoms with Crippen LogP contribution in [0.4, 0.5) is 11.4 Å². The third-order valence-corrected chi connectivity index (χ3v) is 4.85. The zero-order chi connectivity index (χ0) is 15.7.